The van der Waals surface area contributed by atoms with E-state index in [0.717, 1.165) is 5.56 Å². The first-order valence-electron chi connectivity index (χ1n) is 8.05. The van der Waals surface area contributed by atoms with E-state index in [9.17, 15) is 14.7 Å². The van der Waals surface area contributed by atoms with Gasteiger partial charge in [-0.2, -0.15) is 0 Å². The normalized spacial score (nSPS) is 11.4. The molecule has 0 aliphatic heterocycles. The fraction of sp³-hybridized carbons (Fsp3) is 0.263. The van der Waals surface area contributed by atoms with Crippen molar-refractivity contribution in [1.82, 2.24) is 5.32 Å². The zero-order valence-corrected chi connectivity index (χ0v) is 15.7. The first-order valence-corrected chi connectivity index (χ1v) is 8.43. The lowest BCUT2D eigenvalue weighted by atomic mass is 10.0. The van der Waals surface area contributed by atoms with E-state index >= 15 is 0 Å². The number of alkyl carbamates (subject to hydrolysis) is 1. The number of aliphatic carboxylic acids is 1. The molecule has 0 saturated carbocycles. The van der Waals surface area contributed by atoms with Gasteiger partial charge in [-0.3, -0.25) is 4.79 Å². The van der Waals surface area contributed by atoms with Crippen LogP contribution in [0.1, 0.15) is 23.6 Å². The summed E-state index contributed by atoms with van der Waals surface area (Å²) in [5.41, 5.74) is 1.19. The Balaban J connectivity index is 2.17. The van der Waals surface area contributed by atoms with Crippen LogP contribution in [0.2, 0.25) is 5.02 Å². The number of benzene rings is 2. The van der Waals surface area contributed by atoms with Gasteiger partial charge >= 0.3 is 12.1 Å². The standard InChI is InChI=1S/C19H20ClNO6/c1-25-15-9-8-13(17(20)18(15)26-2)14(10-16(22)23)21-19(24)27-11-12-6-4-3-5-7-12/h3-9,14H,10-11H2,1-2H3,(H,21,24)(H,22,23)/t14-/m0/s1. The van der Waals surface area contributed by atoms with Crippen LogP contribution in [0.5, 0.6) is 11.5 Å². The molecule has 0 spiro atoms. The van der Waals surface area contributed by atoms with Gasteiger partial charge < -0.3 is 24.6 Å². The van der Waals surface area contributed by atoms with E-state index in [0.29, 0.717) is 11.3 Å². The molecule has 0 radical (unpaired) electrons. The van der Waals surface area contributed by atoms with Gasteiger partial charge in [0, 0.05) is 0 Å². The van der Waals surface area contributed by atoms with E-state index in [-0.39, 0.29) is 23.8 Å². The Morgan fingerprint density at radius 3 is 2.41 bits per heavy atom. The van der Waals surface area contributed by atoms with Gasteiger partial charge in [0.15, 0.2) is 11.5 Å². The summed E-state index contributed by atoms with van der Waals surface area (Å²) in [6.45, 7) is 0.0616. The predicted octanol–water partition coefficient (Wildman–Crippen LogP) is 3.80. The lowest BCUT2D eigenvalue weighted by Crippen LogP contribution is -2.31. The molecular weight excluding hydrogens is 374 g/mol. The molecule has 0 saturated heterocycles. The Kier molecular flexibility index (Phi) is 7.31. The maximum absolute atomic E-state index is 12.1. The lowest BCUT2D eigenvalue weighted by molar-refractivity contribution is -0.137. The number of nitrogens with one attached hydrogen (secondary N) is 1. The minimum absolute atomic E-state index is 0.0616. The van der Waals surface area contributed by atoms with Crippen molar-refractivity contribution >= 4 is 23.7 Å². The first-order chi connectivity index (χ1) is 13.0. The van der Waals surface area contributed by atoms with Crippen molar-refractivity contribution in [2.45, 2.75) is 19.1 Å². The Hall–Kier alpha value is -2.93. The highest BCUT2D eigenvalue weighted by Gasteiger charge is 2.24. The van der Waals surface area contributed by atoms with Crippen LogP contribution in [0, 0.1) is 0 Å². The number of carbonyl (C=O) groups excluding carboxylic acids is 1. The van der Waals surface area contributed by atoms with E-state index in [2.05, 4.69) is 5.32 Å². The summed E-state index contributed by atoms with van der Waals surface area (Å²) in [7, 11) is 2.88. The third-order valence-corrected chi connectivity index (χ3v) is 4.16. The van der Waals surface area contributed by atoms with Crippen molar-refractivity contribution in [2.75, 3.05) is 14.2 Å². The monoisotopic (exact) mass is 393 g/mol. The van der Waals surface area contributed by atoms with Gasteiger partial charge in [-0.25, -0.2) is 4.79 Å². The van der Waals surface area contributed by atoms with Crippen molar-refractivity contribution < 1.29 is 28.9 Å². The summed E-state index contributed by atoms with van der Waals surface area (Å²) < 4.78 is 15.5. The molecular formula is C19H20ClNO6. The van der Waals surface area contributed by atoms with Gasteiger partial charge in [-0.15, -0.1) is 0 Å². The smallest absolute Gasteiger partial charge is 0.407 e. The van der Waals surface area contributed by atoms with E-state index in [1.807, 2.05) is 30.3 Å². The molecule has 0 aliphatic carbocycles. The van der Waals surface area contributed by atoms with Crippen LogP contribution in [-0.4, -0.2) is 31.4 Å². The predicted molar refractivity (Wildman–Crippen MR) is 99.3 cm³/mol. The van der Waals surface area contributed by atoms with Crippen molar-refractivity contribution in [1.29, 1.82) is 0 Å². The summed E-state index contributed by atoms with van der Waals surface area (Å²) >= 11 is 6.34. The van der Waals surface area contributed by atoms with Crippen LogP contribution in [0.4, 0.5) is 4.79 Å². The molecule has 7 nitrogen and oxygen atoms in total. The second kappa shape index (κ2) is 9.68. The van der Waals surface area contributed by atoms with Crippen LogP contribution < -0.4 is 14.8 Å². The van der Waals surface area contributed by atoms with Crippen molar-refractivity contribution in [3.63, 3.8) is 0 Å². The quantitative estimate of drug-likeness (QED) is 0.708. The summed E-state index contributed by atoms with van der Waals surface area (Å²) in [6, 6.07) is 11.4. The van der Waals surface area contributed by atoms with E-state index in [1.165, 1.54) is 14.2 Å². The first kappa shape index (κ1) is 20.4. The third kappa shape index (κ3) is 5.52. The number of carboxylic acid groups (broad SMARTS) is 1. The van der Waals surface area contributed by atoms with Crippen molar-refractivity contribution in [3.05, 3.63) is 58.6 Å². The van der Waals surface area contributed by atoms with Gasteiger partial charge in [-0.05, 0) is 17.2 Å². The number of carboxylic acids is 1. The topological polar surface area (TPSA) is 94.1 Å². The van der Waals surface area contributed by atoms with Crippen molar-refractivity contribution in [3.8, 4) is 11.5 Å². The van der Waals surface area contributed by atoms with Gasteiger partial charge in [0.25, 0.3) is 0 Å². The fourth-order valence-electron chi connectivity index (χ4n) is 2.49. The maximum Gasteiger partial charge on any atom is 0.407 e. The number of hydrogen-bond donors (Lipinski definition) is 2. The fourth-order valence-corrected chi connectivity index (χ4v) is 2.86. The number of amides is 1. The summed E-state index contributed by atoms with van der Waals surface area (Å²) in [6.07, 6.45) is -1.13. The number of methoxy groups -OCH3 is 2. The third-order valence-electron chi connectivity index (χ3n) is 3.77. The molecule has 27 heavy (non-hydrogen) atoms. The molecule has 0 aliphatic rings. The number of hydrogen-bond acceptors (Lipinski definition) is 5. The highest BCUT2D eigenvalue weighted by molar-refractivity contribution is 6.33. The molecule has 2 rings (SSSR count). The molecule has 144 valence electrons. The average Bonchev–Trinajstić information content (AvgIpc) is 2.66. The van der Waals surface area contributed by atoms with E-state index in [1.54, 1.807) is 12.1 Å². The molecule has 0 fully saturated rings. The summed E-state index contributed by atoms with van der Waals surface area (Å²) in [5.74, 6) is -0.451. The minimum atomic E-state index is -1.10. The zero-order chi connectivity index (χ0) is 19.8. The summed E-state index contributed by atoms with van der Waals surface area (Å²) in [5, 5.41) is 11.9. The van der Waals surface area contributed by atoms with Gasteiger partial charge in [0.1, 0.15) is 6.61 Å². The maximum atomic E-state index is 12.1. The number of rotatable bonds is 8. The number of ether oxygens (including phenoxy) is 3. The lowest BCUT2D eigenvalue weighted by Gasteiger charge is -2.20. The van der Waals surface area contributed by atoms with Crippen LogP contribution in [0.3, 0.4) is 0 Å². The molecule has 1 atom stereocenters. The van der Waals surface area contributed by atoms with E-state index < -0.39 is 18.1 Å². The second-order valence-electron chi connectivity index (χ2n) is 5.56. The Morgan fingerprint density at radius 2 is 1.81 bits per heavy atom. The number of halogens is 1. The molecule has 0 heterocycles. The van der Waals surface area contributed by atoms with Crippen LogP contribution in [0.25, 0.3) is 0 Å². The largest absolute Gasteiger partial charge is 0.493 e. The average molecular weight is 394 g/mol. The highest BCUT2D eigenvalue weighted by Crippen LogP contribution is 2.40. The Morgan fingerprint density at radius 1 is 1.11 bits per heavy atom. The molecule has 1 amide bonds. The van der Waals surface area contributed by atoms with Gasteiger partial charge in [-0.1, -0.05) is 48.0 Å². The molecule has 0 unspecified atom stereocenters. The molecule has 8 heteroatoms. The van der Waals surface area contributed by atoms with E-state index in [4.69, 9.17) is 25.8 Å². The van der Waals surface area contributed by atoms with Gasteiger partial charge in [0.05, 0.1) is 31.7 Å². The zero-order valence-electron chi connectivity index (χ0n) is 14.9. The molecule has 0 bridgehead atoms. The molecule has 0 aromatic heterocycles. The molecule has 2 N–H and O–H groups in total. The second-order valence-corrected chi connectivity index (χ2v) is 5.94. The minimum Gasteiger partial charge on any atom is -0.493 e. The van der Waals surface area contributed by atoms with Crippen molar-refractivity contribution in [2.24, 2.45) is 0 Å². The van der Waals surface area contributed by atoms with Crippen LogP contribution >= 0.6 is 11.6 Å². The van der Waals surface area contributed by atoms with Crippen LogP contribution in [-0.2, 0) is 16.1 Å². The SMILES string of the molecule is COc1ccc([C@H](CC(=O)O)NC(=O)OCc2ccccc2)c(Cl)c1OC. The highest BCUT2D eigenvalue weighted by atomic mass is 35.5. The molecule has 2 aromatic carbocycles. The summed E-state index contributed by atoms with van der Waals surface area (Å²) in [4.78, 5) is 23.4. The van der Waals surface area contributed by atoms with Gasteiger partial charge in [0.2, 0.25) is 0 Å². The Labute approximate surface area is 161 Å². The Bertz CT molecular complexity index is 796. The number of carbonyl (C=O) groups is 2. The van der Waals surface area contributed by atoms with Crippen LogP contribution in [0.15, 0.2) is 42.5 Å². The molecule has 2 aromatic rings.